The second-order valence-corrected chi connectivity index (χ2v) is 2.37. The number of amides is 1. The molecule has 0 fully saturated rings. The van der Waals surface area contributed by atoms with E-state index in [0.29, 0.717) is 13.0 Å². The summed E-state index contributed by atoms with van der Waals surface area (Å²) in [6, 6.07) is 0. The van der Waals surface area contributed by atoms with E-state index in [1.54, 1.807) is 0 Å². The van der Waals surface area contributed by atoms with Crippen LogP contribution in [0, 0.1) is 0 Å². The fourth-order valence-electron chi connectivity index (χ4n) is 0.635. The molecule has 6 heteroatoms. The number of carbonyl (C=O) groups excluding carboxylic acids is 1. The summed E-state index contributed by atoms with van der Waals surface area (Å²) >= 11 is 0. The molecule has 1 amide bonds. The zero-order valence-electron chi connectivity index (χ0n) is 6.73. The van der Waals surface area contributed by atoms with Gasteiger partial charge in [-0.3, -0.25) is 9.79 Å². The van der Waals surface area contributed by atoms with Gasteiger partial charge in [0.2, 0.25) is 5.91 Å². The number of aliphatic hydroxyl groups excluding tert-OH is 1. The maximum atomic E-state index is 10.3. The number of aliphatic imine (C=N–C) groups is 1. The highest BCUT2D eigenvalue weighted by atomic mass is 16.3. The third-order valence-corrected chi connectivity index (χ3v) is 1.26. The molecule has 70 valence electrons. The number of primary amides is 1. The molecule has 0 saturated carbocycles. The van der Waals surface area contributed by atoms with Gasteiger partial charge in [0.1, 0.15) is 6.10 Å². The summed E-state index contributed by atoms with van der Waals surface area (Å²) in [5, 5.41) is 8.91. The number of nitrogens with two attached hydrogens (primary N) is 3. The zero-order valence-corrected chi connectivity index (χ0v) is 6.73. The molecule has 0 aliphatic carbocycles. The van der Waals surface area contributed by atoms with Crippen LogP contribution in [0.3, 0.4) is 0 Å². The molecule has 0 radical (unpaired) electrons. The Bertz CT molecular complexity index is 176. The lowest BCUT2D eigenvalue weighted by Gasteiger charge is -2.03. The Morgan fingerprint density at radius 2 is 2.00 bits per heavy atom. The fourth-order valence-corrected chi connectivity index (χ4v) is 0.635. The van der Waals surface area contributed by atoms with Gasteiger partial charge in [-0.25, -0.2) is 0 Å². The minimum Gasteiger partial charge on any atom is -0.383 e. The molecule has 0 aliphatic rings. The predicted molar refractivity (Wildman–Crippen MR) is 45.1 cm³/mol. The molecular formula is C6H14N4O2. The first kappa shape index (κ1) is 10.7. The van der Waals surface area contributed by atoms with Gasteiger partial charge in [-0.05, 0) is 12.8 Å². The molecule has 0 saturated heterocycles. The first-order valence-electron chi connectivity index (χ1n) is 3.57. The van der Waals surface area contributed by atoms with Crippen LogP contribution in [0.25, 0.3) is 0 Å². The monoisotopic (exact) mass is 174 g/mol. The summed E-state index contributed by atoms with van der Waals surface area (Å²) in [6.45, 7) is 0.396. The Morgan fingerprint density at radius 3 is 2.42 bits per heavy atom. The van der Waals surface area contributed by atoms with Crippen molar-refractivity contribution in [1.82, 2.24) is 0 Å². The molecule has 0 aromatic rings. The number of aliphatic hydroxyl groups is 1. The van der Waals surface area contributed by atoms with Gasteiger partial charge in [0, 0.05) is 6.54 Å². The number of rotatable bonds is 5. The molecule has 0 aromatic heterocycles. The molecular weight excluding hydrogens is 160 g/mol. The van der Waals surface area contributed by atoms with Crippen LogP contribution in [-0.2, 0) is 4.79 Å². The summed E-state index contributed by atoms with van der Waals surface area (Å²) < 4.78 is 0. The summed E-state index contributed by atoms with van der Waals surface area (Å²) in [6.07, 6.45) is -0.284. The Labute approximate surface area is 70.4 Å². The first-order valence-corrected chi connectivity index (χ1v) is 3.57. The Hall–Kier alpha value is -1.30. The molecule has 0 bridgehead atoms. The van der Waals surface area contributed by atoms with E-state index in [9.17, 15) is 4.79 Å². The normalized spacial score (nSPS) is 12.1. The molecule has 0 heterocycles. The van der Waals surface area contributed by atoms with Gasteiger partial charge < -0.3 is 22.3 Å². The second kappa shape index (κ2) is 5.36. The van der Waals surface area contributed by atoms with E-state index in [1.807, 2.05) is 0 Å². The lowest BCUT2D eigenvalue weighted by Crippen LogP contribution is -2.28. The van der Waals surface area contributed by atoms with Gasteiger partial charge in [-0.1, -0.05) is 0 Å². The largest absolute Gasteiger partial charge is 0.383 e. The van der Waals surface area contributed by atoms with Gasteiger partial charge in [-0.15, -0.1) is 0 Å². The standard InChI is InChI=1S/C6H14N4O2/c7-5(12)4(11)2-1-3-10-6(8)9/h4,11H,1-3H2,(H2,7,12)(H4,8,9,10). The van der Waals surface area contributed by atoms with Crippen molar-refractivity contribution in [3.63, 3.8) is 0 Å². The van der Waals surface area contributed by atoms with Gasteiger partial charge in [0.25, 0.3) is 0 Å². The van der Waals surface area contributed by atoms with Crippen LogP contribution in [0.4, 0.5) is 0 Å². The van der Waals surface area contributed by atoms with Crippen LogP contribution >= 0.6 is 0 Å². The van der Waals surface area contributed by atoms with E-state index in [1.165, 1.54) is 0 Å². The maximum absolute atomic E-state index is 10.3. The summed E-state index contributed by atoms with van der Waals surface area (Å²) in [7, 11) is 0. The van der Waals surface area contributed by atoms with Gasteiger partial charge in [-0.2, -0.15) is 0 Å². The molecule has 6 nitrogen and oxygen atoms in total. The topological polar surface area (TPSA) is 128 Å². The van der Waals surface area contributed by atoms with Crippen molar-refractivity contribution in [2.75, 3.05) is 6.54 Å². The smallest absolute Gasteiger partial charge is 0.246 e. The van der Waals surface area contributed by atoms with E-state index in [2.05, 4.69) is 4.99 Å². The fraction of sp³-hybridized carbons (Fsp3) is 0.667. The SMILES string of the molecule is NC(=O)C(O)CCCN=C(N)N. The lowest BCUT2D eigenvalue weighted by molar-refractivity contribution is -0.126. The van der Waals surface area contributed by atoms with Crippen LogP contribution in [0.2, 0.25) is 0 Å². The minimum absolute atomic E-state index is 0.00330. The summed E-state index contributed by atoms with van der Waals surface area (Å²) in [5.74, 6) is -0.719. The van der Waals surface area contributed by atoms with Gasteiger partial charge in [0.15, 0.2) is 5.96 Å². The van der Waals surface area contributed by atoms with Gasteiger partial charge >= 0.3 is 0 Å². The number of nitrogens with zero attached hydrogens (tertiary/aromatic N) is 1. The second-order valence-electron chi connectivity index (χ2n) is 2.37. The summed E-state index contributed by atoms with van der Waals surface area (Å²) in [5.41, 5.74) is 14.9. The van der Waals surface area contributed by atoms with E-state index >= 15 is 0 Å². The first-order chi connectivity index (χ1) is 5.54. The van der Waals surface area contributed by atoms with E-state index in [0.717, 1.165) is 0 Å². The van der Waals surface area contributed by atoms with Crippen molar-refractivity contribution in [2.45, 2.75) is 18.9 Å². The number of carbonyl (C=O) groups is 1. The molecule has 0 rings (SSSR count). The Kier molecular flexibility index (Phi) is 4.78. The zero-order chi connectivity index (χ0) is 9.56. The molecule has 7 N–H and O–H groups in total. The average Bonchev–Trinajstić information content (AvgIpc) is 1.97. The molecule has 1 unspecified atom stereocenters. The third-order valence-electron chi connectivity index (χ3n) is 1.26. The summed E-state index contributed by atoms with van der Waals surface area (Å²) in [4.78, 5) is 14.0. The van der Waals surface area contributed by atoms with Crippen LogP contribution in [0.5, 0.6) is 0 Å². The van der Waals surface area contributed by atoms with Crippen LogP contribution in [0.1, 0.15) is 12.8 Å². The third kappa shape index (κ3) is 5.48. The molecule has 0 aliphatic heterocycles. The van der Waals surface area contributed by atoms with Crippen molar-refractivity contribution in [3.05, 3.63) is 0 Å². The van der Waals surface area contributed by atoms with Crippen LogP contribution in [-0.4, -0.2) is 29.6 Å². The van der Waals surface area contributed by atoms with E-state index < -0.39 is 12.0 Å². The Morgan fingerprint density at radius 1 is 1.42 bits per heavy atom. The number of guanidine groups is 1. The van der Waals surface area contributed by atoms with Crippen LogP contribution < -0.4 is 17.2 Å². The van der Waals surface area contributed by atoms with E-state index in [4.69, 9.17) is 22.3 Å². The molecule has 12 heavy (non-hydrogen) atoms. The number of hydrogen-bond donors (Lipinski definition) is 4. The Balaban J connectivity index is 3.44. The van der Waals surface area contributed by atoms with E-state index in [-0.39, 0.29) is 12.4 Å². The molecule has 0 aromatic carbocycles. The van der Waals surface area contributed by atoms with Crippen molar-refractivity contribution < 1.29 is 9.90 Å². The van der Waals surface area contributed by atoms with Gasteiger partial charge in [0.05, 0.1) is 0 Å². The highest BCUT2D eigenvalue weighted by Crippen LogP contribution is 1.95. The number of hydrogen-bond acceptors (Lipinski definition) is 3. The maximum Gasteiger partial charge on any atom is 0.246 e. The minimum atomic E-state index is -1.10. The lowest BCUT2D eigenvalue weighted by atomic mass is 10.2. The quantitative estimate of drug-likeness (QED) is 0.216. The van der Waals surface area contributed by atoms with Crippen molar-refractivity contribution >= 4 is 11.9 Å². The molecule has 1 atom stereocenters. The highest BCUT2D eigenvalue weighted by Gasteiger charge is 2.08. The van der Waals surface area contributed by atoms with Crippen molar-refractivity contribution in [1.29, 1.82) is 0 Å². The average molecular weight is 174 g/mol. The van der Waals surface area contributed by atoms with Crippen molar-refractivity contribution in [2.24, 2.45) is 22.2 Å². The highest BCUT2D eigenvalue weighted by molar-refractivity contribution is 5.78. The van der Waals surface area contributed by atoms with Crippen molar-refractivity contribution in [3.8, 4) is 0 Å². The van der Waals surface area contributed by atoms with Crippen LogP contribution in [0.15, 0.2) is 4.99 Å². The predicted octanol–water partition coefficient (Wildman–Crippen LogP) is -2.11. The molecule has 0 spiro atoms.